The minimum atomic E-state index is -0.390. The highest BCUT2D eigenvalue weighted by molar-refractivity contribution is 5.78. The molecule has 0 aromatic rings. The highest BCUT2D eigenvalue weighted by Crippen LogP contribution is 2.22. The van der Waals surface area contributed by atoms with Crippen molar-refractivity contribution in [2.45, 2.75) is 51.2 Å². The normalized spacial score (nSPS) is 18.6. The van der Waals surface area contributed by atoms with E-state index in [0.29, 0.717) is 25.7 Å². The number of hydrogen-bond acceptors (Lipinski definition) is 3. The third kappa shape index (κ3) is 5.65. The maximum atomic E-state index is 11.8. The largest absolute Gasteiger partial charge is 0.392 e. The molecular formula is C14H26N2O2. The lowest BCUT2D eigenvalue weighted by Gasteiger charge is -2.34. The Morgan fingerprint density at radius 3 is 2.72 bits per heavy atom. The second-order valence-electron chi connectivity index (χ2n) is 5.16. The fourth-order valence-electron chi connectivity index (χ4n) is 2.55. The van der Waals surface area contributed by atoms with Crippen molar-refractivity contribution in [3.8, 4) is 0 Å². The fourth-order valence-corrected chi connectivity index (χ4v) is 2.55. The van der Waals surface area contributed by atoms with Crippen LogP contribution < -0.4 is 5.32 Å². The molecule has 1 aliphatic carbocycles. The number of carbonyl (C=O) groups excluding carboxylic acids is 1. The average Bonchev–Trinajstić information content (AvgIpc) is 2.36. The first-order chi connectivity index (χ1) is 8.63. The van der Waals surface area contributed by atoms with Gasteiger partial charge in [0.2, 0.25) is 5.91 Å². The van der Waals surface area contributed by atoms with Crippen LogP contribution in [-0.4, -0.2) is 47.7 Å². The highest BCUT2D eigenvalue weighted by Gasteiger charge is 2.23. The number of nitrogens with one attached hydrogen (secondary N) is 1. The second-order valence-corrected chi connectivity index (χ2v) is 5.16. The van der Waals surface area contributed by atoms with Crippen LogP contribution in [0.5, 0.6) is 0 Å². The van der Waals surface area contributed by atoms with Gasteiger partial charge in [-0.3, -0.25) is 9.69 Å². The van der Waals surface area contributed by atoms with E-state index in [1.54, 1.807) is 13.0 Å². The summed E-state index contributed by atoms with van der Waals surface area (Å²) in [5.74, 6) is 0.0149. The van der Waals surface area contributed by atoms with Gasteiger partial charge in [-0.1, -0.05) is 25.3 Å². The molecule has 4 heteroatoms. The van der Waals surface area contributed by atoms with E-state index in [-0.39, 0.29) is 12.0 Å². The van der Waals surface area contributed by atoms with Crippen molar-refractivity contribution < 1.29 is 9.90 Å². The zero-order valence-corrected chi connectivity index (χ0v) is 11.4. The molecule has 104 valence electrons. The Labute approximate surface area is 110 Å². The van der Waals surface area contributed by atoms with Crippen molar-refractivity contribution in [3.05, 3.63) is 12.7 Å². The van der Waals surface area contributed by atoms with E-state index in [1.165, 1.54) is 19.3 Å². The van der Waals surface area contributed by atoms with Crippen LogP contribution in [0.15, 0.2) is 12.7 Å². The van der Waals surface area contributed by atoms with Gasteiger partial charge in [-0.05, 0) is 19.8 Å². The first-order valence-corrected chi connectivity index (χ1v) is 6.93. The molecule has 0 aromatic heterocycles. The quantitative estimate of drug-likeness (QED) is 0.673. The number of hydrogen-bond donors (Lipinski definition) is 2. The first kappa shape index (κ1) is 15.2. The van der Waals surface area contributed by atoms with Gasteiger partial charge in [0.15, 0.2) is 0 Å². The molecule has 0 saturated heterocycles. The molecule has 0 heterocycles. The standard InChI is InChI=1S/C14H26N2O2/c1-3-9-15-14(18)11-16(10-12(2)17)13-7-5-4-6-8-13/h3,12-13,17H,1,4-11H2,2H3,(H,15,18)/t12-/m1/s1. The molecule has 0 aliphatic heterocycles. The van der Waals surface area contributed by atoms with E-state index in [2.05, 4.69) is 16.8 Å². The third-order valence-corrected chi connectivity index (χ3v) is 3.38. The van der Waals surface area contributed by atoms with Gasteiger partial charge in [0.25, 0.3) is 0 Å². The number of rotatable bonds is 7. The maximum absolute atomic E-state index is 11.8. The number of aliphatic hydroxyl groups excluding tert-OH is 1. The minimum absolute atomic E-state index is 0.0149. The van der Waals surface area contributed by atoms with Gasteiger partial charge in [0, 0.05) is 19.1 Å². The van der Waals surface area contributed by atoms with Gasteiger partial charge in [0.05, 0.1) is 12.6 Å². The molecule has 1 aliphatic rings. The van der Waals surface area contributed by atoms with Gasteiger partial charge in [-0.25, -0.2) is 0 Å². The monoisotopic (exact) mass is 254 g/mol. The molecule has 1 atom stereocenters. The summed E-state index contributed by atoms with van der Waals surface area (Å²) in [6.45, 7) is 6.82. The van der Waals surface area contributed by atoms with Gasteiger partial charge in [-0.15, -0.1) is 6.58 Å². The number of aliphatic hydroxyl groups is 1. The minimum Gasteiger partial charge on any atom is -0.392 e. The molecule has 0 spiro atoms. The van der Waals surface area contributed by atoms with Crippen LogP contribution >= 0.6 is 0 Å². The van der Waals surface area contributed by atoms with Crippen LogP contribution in [-0.2, 0) is 4.79 Å². The van der Waals surface area contributed by atoms with Gasteiger partial charge in [0.1, 0.15) is 0 Å². The van der Waals surface area contributed by atoms with Crippen molar-refractivity contribution in [3.63, 3.8) is 0 Å². The third-order valence-electron chi connectivity index (χ3n) is 3.38. The number of nitrogens with zero attached hydrogens (tertiary/aromatic N) is 1. The van der Waals surface area contributed by atoms with Crippen LogP contribution in [0.1, 0.15) is 39.0 Å². The molecule has 1 rings (SSSR count). The molecule has 0 radical (unpaired) electrons. The van der Waals surface area contributed by atoms with Crippen LogP contribution in [0.4, 0.5) is 0 Å². The fraction of sp³-hybridized carbons (Fsp3) is 0.786. The van der Waals surface area contributed by atoms with E-state index in [4.69, 9.17) is 0 Å². The zero-order valence-electron chi connectivity index (χ0n) is 11.4. The van der Waals surface area contributed by atoms with Crippen LogP contribution in [0.3, 0.4) is 0 Å². The Morgan fingerprint density at radius 2 is 2.17 bits per heavy atom. The van der Waals surface area contributed by atoms with E-state index < -0.39 is 0 Å². The predicted octanol–water partition coefficient (Wildman–Crippen LogP) is 1.30. The molecule has 1 fully saturated rings. The Balaban J connectivity index is 2.48. The Morgan fingerprint density at radius 1 is 1.50 bits per heavy atom. The summed E-state index contributed by atoms with van der Waals surface area (Å²) in [6, 6.07) is 0.447. The summed E-state index contributed by atoms with van der Waals surface area (Å²) in [5.41, 5.74) is 0. The topological polar surface area (TPSA) is 52.6 Å². The van der Waals surface area contributed by atoms with Gasteiger partial charge in [-0.2, -0.15) is 0 Å². The Kier molecular flexibility index (Phi) is 6.98. The molecule has 1 amide bonds. The van der Waals surface area contributed by atoms with Crippen molar-refractivity contribution in [2.75, 3.05) is 19.6 Å². The van der Waals surface area contributed by atoms with E-state index >= 15 is 0 Å². The van der Waals surface area contributed by atoms with E-state index in [0.717, 1.165) is 12.8 Å². The highest BCUT2D eigenvalue weighted by atomic mass is 16.3. The summed E-state index contributed by atoms with van der Waals surface area (Å²) >= 11 is 0. The van der Waals surface area contributed by atoms with Crippen LogP contribution in [0.2, 0.25) is 0 Å². The molecule has 18 heavy (non-hydrogen) atoms. The molecule has 2 N–H and O–H groups in total. The van der Waals surface area contributed by atoms with E-state index in [1.807, 2.05) is 0 Å². The zero-order chi connectivity index (χ0) is 13.4. The van der Waals surface area contributed by atoms with Crippen LogP contribution in [0.25, 0.3) is 0 Å². The Bertz CT molecular complexity index is 261. The van der Waals surface area contributed by atoms with Crippen molar-refractivity contribution in [1.82, 2.24) is 10.2 Å². The summed E-state index contributed by atoms with van der Waals surface area (Å²) < 4.78 is 0. The maximum Gasteiger partial charge on any atom is 0.234 e. The van der Waals surface area contributed by atoms with E-state index in [9.17, 15) is 9.90 Å². The van der Waals surface area contributed by atoms with Gasteiger partial charge >= 0.3 is 0 Å². The Hall–Kier alpha value is -0.870. The first-order valence-electron chi connectivity index (χ1n) is 6.93. The number of carbonyl (C=O) groups is 1. The summed E-state index contributed by atoms with van der Waals surface area (Å²) in [4.78, 5) is 13.9. The molecule has 0 aromatic carbocycles. The molecular weight excluding hydrogens is 228 g/mol. The molecule has 1 saturated carbocycles. The lowest BCUT2D eigenvalue weighted by Crippen LogP contribution is -2.46. The SMILES string of the molecule is C=CCNC(=O)CN(C[C@@H](C)O)C1CCCCC1. The number of amides is 1. The molecule has 4 nitrogen and oxygen atoms in total. The smallest absolute Gasteiger partial charge is 0.234 e. The summed E-state index contributed by atoms with van der Waals surface area (Å²) in [5, 5.41) is 12.3. The summed E-state index contributed by atoms with van der Waals surface area (Å²) in [6.07, 6.45) is 7.33. The molecule has 0 bridgehead atoms. The van der Waals surface area contributed by atoms with Crippen LogP contribution in [0, 0.1) is 0 Å². The lowest BCUT2D eigenvalue weighted by atomic mass is 9.94. The summed E-state index contributed by atoms with van der Waals surface area (Å²) in [7, 11) is 0. The van der Waals surface area contributed by atoms with Crippen molar-refractivity contribution in [1.29, 1.82) is 0 Å². The molecule has 0 unspecified atom stereocenters. The van der Waals surface area contributed by atoms with Gasteiger partial charge < -0.3 is 10.4 Å². The predicted molar refractivity (Wildman–Crippen MR) is 73.3 cm³/mol. The lowest BCUT2D eigenvalue weighted by molar-refractivity contribution is -0.123. The van der Waals surface area contributed by atoms with Crippen molar-refractivity contribution in [2.24, 2.45) is 0 Å². The second kappa shape index (κ2) is 8.27. The van der Waals surface area contributed by atoms with Crippen molar-refractivity contribution >= 4 is 5.91 Å². The average molecular weight is 254 g/mol.